The molecule has 2 aromatic heterocycles. The Kier molecular flexibility index (Phi) is 3.88. The molecule has 0 aliphatic heterocycles. The van der Waals surface area contributed by atoms with Gasteiger partial charge in [-0.2, -0.15) is 0 Å². The second-order valence-corrected chi connectivity index (χ2v) is 4.15. The topological polar surface area (TPSA) is 35.0 Å². The number of rotatable bonds is 4. The number of ether oxygens (including phenoxy) is 1. The summed E-state index contributed by atoms with van der Waals surface area (Å²) in [5.74, 6) is 0.638. The molecule has 0 radical (unpaired) electrons. The Morgan fingerprint density at radius 3 is 2.75 bits per heavy atom. The van der Waals surface area contributed by atoms with Gasteiger partial charge in [-0.1, -0.05) is 6.07 Å². The lowest BCUT2D eigenvalue weighted by molar-refractivity contribution is 0.308. The molecule has 0 N–H and O–H groups in total. The number of nitrogens with zero attached hydrogens (tertiary/aromatic N) is 2. The first-order valence-corrected chi connectivity index (χ1v) is 5.78. The minimum atomic E-state index is 0.589. The van der Waals surface area contributed by atoms with E-state index in [1.54, 1.807) is 12.4 Å². The first-order chi connectivity index (χ1) is 7.84. The predicted octanol–water partition coefficient (Wildman–Crippen LogP) is 2.86. The molecule has 0 saturated carbocycles. The van der Waals surface area contributed by atoms with Crippen molar-refractivity contribution < 1.29 is 4.74 Å². The van der Waals surface area contributed by atoms with Crippen molar-refractivity contribution in [1.82, 2.24) is 9.97 Å². The van der Waals surface area contributed by atoms with Gasteiger partial charge in [-0.25, -0.2) is 4.98 Å². The third-order valence-corrected chi connectivity index (χ3v) is 2.50. The summed E-state index contributed by atoms with van der Waals surface area (Å²) in [6.07, 6.45) is 4.29. The zero-order valence-electron chi connectivity index (χ0n) is 8.64. The Hall–Kier alpha value is -1.42. The standard InChI is InChI=1S/C12H11BrN2O/c13-10-4-5-12(15-9-10)16-8-6-11-3-1-2-7-14-11/h1-5,7,9H,6,8H2. The lowest BCUT2D eigenvalue weighted by Gasteiger charge is -2.04. The van der Waals surface area contributed by atoms with Crippen LogP contribution in [0.4, 0.5) is 0 Å². The van der Waals surface area contributed by atoms with E-state index in [1.807, 2.05) is 30.3 Å². The van der Waals surface area contributed by atoms with Gasteiger partial charge in [0.1, 0.15) is 0 Å². The van der Waals surface area contributed by atoms with Crippen LogP contribution in [0.15, 0.2) is 47.2 Å². The molecule has 4 heteroatoms. The molecule has 0 saturated heterocycles. The van der Waals surface area contributed by atoms with E-state index < -0.39 is 0 Å². The molecule has 16 heavy (non-hydrogen) atoms. The highest BCUT2D eigenvalue weighted by atomic mass is 79.9. The smallest absolute Gasteiger partial charge is 0.213 e. The van der Waals surface area contributed by atoms with Crippen LogP contribution >= 0.6 is 15.9 Å². The maximum atomic E-state index is 5.49. The van der Waals surface area contributed by atoms with Crippen LogP contribution in [0.3, 0.4) is 0 Å². The minimum Gasteiger partial charge on any atom is -0.477 e. The molecule has 0 fully saturated rings. The van der Waals surface area contributed by atoms with Crippen molar-refractivity contribution in [2.75, 3.05) is 6.61 Å². The highest BCUT2D eigenvalue weighted by Gasteiger charge is 1.97. The Morgan fingerprint density at radius 1 is 1.12 bits per heavy atom. The molecule has 0 amide bonds. The van der Waals surface area contributed by atoms with Gasteiger partial charge in [-0.3, -0.25) is 4.98 Å². The molecule has 0 bridgehead atoms. The van der Waals surface area contributed by atoms with Gasteiger partial charge in [0.15, 0.2) is 0 Å². The van der Waals surface area contributed by atoms with Crippen molar-refractivity contribution in [3.05, 3.63) is 52.9 Å². The van der Waals surface area contributed by atoms with Gasteiger partial charge in [0.25, 0.3) is 0 Å². The van der Waals surface area contributed by atoms with Crippen LogP contribution in [0.2, 0.25) is 0 Å². The Balaban J connectivity index is 1.82. The Morgan fingerprint density at radius 2 is 2.06 bits per heavy atom. The van der Waals surface area contributed by atoms with Crippen molar-refractivity contribution in [1.29, 1.82) is 0 Å². The van der Waals surface area contributed by atoms with Crippen molar-refractivity contribution in [3.63, 3.8) is 0 Å². The average Bonchev–Trinajstić information content (AvgIpc) is 2.33. The molecule has 2 aromatic rings. The molecule has 3 nitrogen and oxygen atoms in total. The molecule has 0 unspecified atom stereocenters. The first kappa shape index (κ1) is 11.1. The van der Waals surface area contributed by atoms with Gasteiger partial charge in [0.05, 0.1) is 6.61 Å². The van der Waals surface area contributed by atoms with E-state index in [9.17, 15) is 0 Å². The summed E-state index contributed by atoms with van der Waals surface area (Å²) >= 11 is 3.32. The fourth-order valence-electron chi connectivity index (χ4n) is 1.25. The zero-order valence-corrected chi connectivity index (χ0v) is 10.2. The van der Waals surface area contributed by atoms with Crippen molar-refractivity contribution in [3.8, 4) is 5.88 Å². The lowest BCUT2D eigenvalue weighted by atomic mass is 10.3. The molecule has 2 heterocycles. The minimum absolute atomic E-state index is 0.589. The normalized spacial score (nSPS) is 10.1. The molecule has 0 aliphatic carbocycles. The monoisotopic (exact) mass is 278 g/mol. The summed E-state index contributed by atoms with van der Waals surface area (Å²) in [6, 6.07) is 9.60. The van der Waals surface area contributed by atoms with Gasteiger partial charge < -0.3 is 4.74 Å². The van der Waals surface area contributed by atoms with Crippen LogP contribution in [0, 0.1) is 0 Å². The van der Waals surface area contributed by atoms with Crippen molar-refractivity contribution >= 4 is 15.9 Å². The fraction of sp³-hybridized carbons (Fsp3) is 0.167. The molecule has 0 aliphatic rings. The first-order valence-electron chi connectivity index (χ1n) is 4.99. The molecule has 0 aromatic carbocycles. The van der Waals surface area contributed by atoms with Crippen LogP contribution < -0.4 is 4.74 Å². The largest absolute Gasteiger partial charge is 0.477 e. The van der Waals surface area contributed by atoms with Crippen LogP contribution in [-0.2, 0) is 6.42 Å². The second-order valence-electron chi connectivity index (χ2n) is 3.23. The van der Waals surface area contributed by atoms with E-state index in [0.717, 1.165) is 16.6 Å². The third kappa shape index (κ3) is 3.31. The third-order valence-electron chi connectivity index (χ3n) is 2.03. The zero-order chi connectivity index (χ0) is 11.2. The predicted molar refractivity (Wildman–Crippen MR) is 65.4 cm³/mol. The van der Waals surface area contributed by atoms with Crippen molar-refractivity contribution in [2.24, 2.45) is 0 Å². The summed E-state index contributed by atoms with van der Waals surface area (Å²) in [4.78, 5) is 8.34. The molecule has 82 valence electrons. The van der Waals surface area contributed by atoms with Gasteiger partial charge >= 0.3 is 0 Å². The maximum absolute atomic E-state index is 5.49. The van der Waals surface area contributed by atoms with E-state index in [-0.39, 0.29) is 0 Å². The average molecular weight is 279 g/mol. The molecule has 0 atom stereocenters. The highest BCUT2D eigenvalue weighted by molar-refractivity contribution is 9.10. The van der Waals surface area contributed by atoms with E-state index in [0.29, 0.717) is 12.5 Å². The second kappa shape index (κ2) is 5.61. The molecular formula is C12H11BrN2O. The van der Waals surface area contributed by atoms with E-state index in [1.165, 1.54) is 0 Å². The van der Waals surface area contributed by atoms with Crippen molar-refractivity contribution in [2.45, 2.75) is 6.42 Å². The molecule has 2 rings (SSSR count). The van der Waals surface area contributed by atoms with E-state index in [2.05, 4.69) is 25.9 Å². The number of hydrogen-bond acceptors (Lipinski definition) is 3. The van der Waals surface area contributed by atoms with Crippen LogP contribution in [-0.4, -0.2) is 16.6 Å². The van der Waals surface area contributed by atoms with Crippen LogP contribution in [0.5, 0.6) is 5.88 Å². The fourth-order valence-corrected chi connectivity index (χ4v) is 1.49. The van der Waals surface area contributed by atoms with Crippen LogP contribution in [0.1, 0.15) is 5.69 Å². The van der Waals surface area contributed by atoms with Gasteiger partial charge in [-0.15, -0.1) is 0 Å². The Labute approximate surface area is 103 Å². The highest BCUT2D eigenvalue weighted by Crippen LogP contribution is 2.12. The number of aromatic nitrogens is 2. The summed E-state index contributed by atoms with van der Waals surface area (Å²) in [5, 5.41) is 0. The maximum Gasteiger partial charge on any atom is 0.213 e. The lowest BCUT2D eigenvalue weighted by Crippen LogP contribution is -2.03. The summed E-state index contributed by atoms with van der Waals surface area (Å²) in [5.41, 5.74) is 1.03. The summed E-state index contributed by atoms with van der Waals surface area (Å²) < 4.78 is 6.44. The number of hydrogen-bond donors (Lipinski definition) is 0. The number of pyridine rings is 2. The van der Waals surface area contributed by atoms with Gasteiger partial charge in [-0.05, 0) is 34.1 Å². The van der Waals surface area contributed by atoms with Crippen LogP contribution in [0.25, 0.3) is 0 Å². The van der Waals surface area contributed by atoms with E-state index in [4.69, 9.17) is 4.74 Å². The summed E-state index contributed by atoms with van der Waals surface area (Å²) in [7, 11) is 0. The quantitative estimate of drug-likeness (QED) is 0.863. The van der Waals surface area contributed by atoms with Gasteiger partial charge in [0, 0.05) is 35.0 Å². The van der Waals surface area contributed by atoms with Gasteiger partial charge in [0.2, 0.25) is 5.88 Å². The van der Waals surface area contributed by atoms with E-state index >= 15 is 0 Å². The molecule has 0 spiro atoms. The molecular weight excluding hydrogens is 268 g/mol. The SMILES string of the molecule is Brc1ccc(OCCc2ccccn2)nc1. The number of halogens is 1. The Bertz CT molecular complexity index is 431. The summed E-state index contributed by atoms with van der Waals surface area (Å²) in [6.45, 7) is 0.589.